The summed E-state index contributed by atoms with van der Waals surface area (Å²) in [6.45, 7) is 0. The van der Waals surface area contributed by atoms with E-state index in [1.165, 1.54) is 17.7 Å². The zero-order valence-electron chi connectivity index (χ0n) is 11.9. The number of benzene rings is 2. The van der Waals surface area contributed by atoms with Crippen LogP contribution in [0.5, 0.6) is 0 Å². The third-order valence-electron chi connectivity index (χ3n) is 4.09. The number of aromatic nitrogens is 1. The number of halogens is 2. The lowest BCUT2D eigenvalue weighted by atomic mass is 10.1. The third-order valence-corrected chi connectivity index (χ3v) is 4.32. The molecule has 0 spiro atoms. The molecule has 0 saturated carbocycles. The molecule has 0 bridgehead atoms. The van der Waals surface area contributed by atoms with Crippen LogP contribution in [0, 0.1) is 5.82 Å². The van der Waals surface area contributed by atoms with Gasteiger partial charge in [0.15, 0.2) is 0 Å². The molecular weight excluding hydrogens is 299 g/mol. The molecule has 0 amide bonds. The van der Waals surface area contributed by atoms with E-state index in [0.29, 0.717) is 5.02 Å². The Labute approximate surface area is 132 Å². The quantitative estimate of drug-likeness (QED) is 0.698. The van der Waals surface area contributed by atoms with E-state index in [-0.39, 0.29) is 5.82 Å². The summed E-state index contributed by atoms with van der Waals surface area (Å²) >= 11 is 6.16. The van der Waals surface area contributed by atoms with Crippen molar-refractivity contribution in [2.45, 2.75) is 19.3 Å². The van der Waals surface area contributed by atoms with Gasteiger partial charge in [0.25, 0.3) is 0 Å². The second kappa shape index (κ2) is 5.25. The van der Waals surface area contributed by atoms with Crippen LogP contribution >= 0.6 is 11.6 Å². The van der Waals surface area contributed by atoms with Crippen LogP contribution in [0.2, 0.25) is 5.02 Å². The molecule has 1 aliphatic rings. The molecule has 4 heteroatoms. The Morgan fingerprint density at radius 1 is 1.05 bits per heavy atom. The smallest absolute Gasteiger partial charge is 0.123 e. The first-order valence-corrected chi connectivity index (χ1v) is 7.72. The summed E-state index contributed by atoms with van der Waals surface area (Å²) < 4.78 is 13.1. The van der Waals surface area contributed by atoms with Crippen molar-refractivity contribution in [3.63, 3.8) is 0 Å². The van der Waals surface area contributed by atoms with Crippen molar-refractivity contribution >= 4 is 33.9 Å². The number of fused-ring (bicyclic) bond motifs is 2. The predicted octanol–water partition coefficient (Wildman–Crippen LogP) is 5.26. The summed E-state index contributed by atoms with van der Waals surface area (Å²) in [6, 6.07) is 12.2. The van der Waals surface area contributed by atoms with Gasteiger partial charge in [-0.1, -0.05) is 11.6 Å². The maximum Gasteiger partial charge on any atom is 0.123 e. The lowest BCUT2D eigenvalue weighted by Crippen LogP contribution is -2.00. The van der Waals surface area contributed by atoms with E-state index in [4.69, 9.17) is 16.6 Å². The van der Waals surface area contributed by atoms with Crippen LogP contribution in [0.4, 0.5) is 15.8 Å². The highest BCUT2D eigenvalue weighted by Gasteiger charge is 2.19. The van der Waals surface area contributed by atoms with Crippen LogP contribution in [0.3, 0.4) is 0 Å². The minimum absolute atomic E-state index is 0.238. The molecule has 1 heterocycles. The van der Waals surface area contributed by atoms with Crippen LogP contribution in [0.25, 0.3) is 10.9 Å². The number of pyridine rings is 1. The summed E-state index contributed by atoms with van der Waals surface area (Å²) in [4.78, 5) is 4.75. The first-order chi connectivity index (χ1) is 10.7. The van der Waals surface area contributed by atoms with Gasteiger partial charge in [0.05, 0.1) is 11.2 Å². The van der Waals surface area contributed by atoms with E-state index in [1.807, 2.05) is 18.2 Å². The van der Waals surface area contributed by atoms with Crippen molar-refractivity contribution in [1.29, 1.82) is 0 Å². The van der Waals surface area contributed by atoms with Gasteiger partial charge < -0.3 is 5.32 Å². The fourth-order valence-electron chi connectivity index (χ4n) is 3.05. The lowest BCUT2D eigenvalue weighted by Gasteiger charge is -2.15. The van der Waals surface area contributed by atoms with Gasteiger partial charge in [-0.05, 0) is 67.3 Å². The standard InChI is InChI=1S/C18H14ClFN2/c19-11-4-9-17-15(10-11)18(14-2-1-3-16(14)22-17)21-13-7-5-12(20)6-8-13/h4-10H,1-3H2,(H,21,22). The average molecular weight is 313 g/mol. The van der Waals surface area contributed by atoms with Crippen molar-refractivity contribution in [1.82, 2.24) is 4.98 Å². The third kappa shape index (κ3) is 2.32. The van der Waals surface area contributed by atoms with E-state index in [2.05, 4.69) is 5.32 Å². The summed E-state index contributed by atoms with van der Waals surface area (Å²) in [5.41, 5.74) is 5.25. The minimum atomic E-state index is -0.238. The van der Waals surface area contributed by atoms with Gasteiger partial charge in [-0.15, -0.1) is 0 Å². The van der Waals surface area contributed by atoms with Crippen LogP contribution in [-0.2, 0) is 12.8 Å². The number of nitrogens with one attached hydrogen (secondary N) is 1. The minimum Gasteiger partial charge on any atom is -0.355 e. The normalized spacial score (nSPS) is 13.4. The maximum atomic E-state index is 13.1. The molecule has 0 unspecified atom stereocenters. The zero-order chi connectivity index (χ0) is 15.1. The Kier molecular flexibility index (Phi) is 3.23. The Morgan fingerprint density at radius 2 is 1.86 bits per heavy atom. The average Bonchev–Trinajstić information content (AvgIpc) is 2.98. The Balaban J connectivity index is 1.90. The molecule has 110 valence electrons. The molecule has 2 nitrogen and oxygen atoms in total. The lowest BCUT2D eigenvalue weighted by molar-refractivity contribution is 0.628. The molecule has 0 saturated heterocycles. The highest BCUT2D eigenvalue weighted by molar-refractivity contribution is 6.31. The molecular formula is C18H14ClFN2. The van der Waals surface area contributed by atoms with Crippen molar-refractivity contribution in [2.24, 2.45) is 0 Å². The van der Waals surface area contributed by atoms with E-state index in [0.717, 1.165) is 47.2 Å². The molecule has 2 aromatic carbocycles. The number of anilines is 2. The molecule has 1 N–H and O–H groups in total. The Morgan fingerprint density at radius 3 is 2.68 bits per heavy atom. The number of rotatable bonds is 2. The Hall–Kier alpha value is -2.13. The second-order valence-electron chi connectivity index (χ2n) is 5.56. The highest BCUT2D eigenvalue weighted by Crippen LogP contribution is 2.36. The van der Waals surface area contributed by atoms with Crippen LogP contribution in [0.15, 0.2) is 42.5 Å². The maximum absolute atomic E-state index is 13.1. The van der Waals surface area contributed by atoms with Gasteiger partial charge in [0.2, 0.25) is 0 Å². The van der Waals surface area contributed by atoms with E-state index >= 15 is 0 Å². The molecule has 0 radical (unpaired) electrons. The first-order valence-electron chi connectivity index (χ1n) is 7.34. The molecule has 3 aromatic rings. The Bertz CT molecular complexity index is 859. The van der Waals surface area contributed by atoms with Crippen molar-refractivity contribution in [2.75, 3.05) is 5.32 Å². The topological polar surface area (TPSA) is 24.9 Å². The number of hydrogen-bond donors (Lipinski definition) is 1. The van der Waals surface area contributed by atoms with Crippen molar-refractivity contribution in [3.05, 3.63) is 64.6 Å². The van der Waals surface area contributed by atoms with Gasteiger partial charge >= 0.3 is 0 Å². The van der Waals surface area contributed by atoms with Gasteiger partial charge in [-0.2, -0.15) is 0 Å². The first kappa shape index (κ1) is 13.5. The number of hydrogen-bond acceptors (Lipinski definition) is 2. The van der Waals surface area contributed by atoms with Crippen molar-refractivity contribution in [3.8, 4) is 0 Å². The molecule has 4 rings (SSSR count). The van der Waals surface area contributed by atoms with E-state index in [1.54, 1.807) is 12.1 Å². The van der Waals surface area contributed by atoms with Crippen LogP contribution in [0.1, 0.15) is 17.7 Å². The highest BCUT2D eigenvalue weighted by atomic mass is 35.5. The van der Waals surface area contributed by atoms with Crippen LogP contribution in [-0.4, -0.2) is 4.98 Å². The molecule has 1 aromatic heterocycles. The summed E-state index contributed by atoms with van der Waals surface area (Å²) in [6.07, 6.45) is 3.13. The predicted molar refractivity (Wildman–Crippen MR) is 88.5 cm³/mol. The number of nitrogens with zero attached hydrogens (tertiary/aromatic N) is 1. The van der Waals surface area contributed by atoms with E-state index in [9.17, 15) is 4.39 Å². The molecule has 22 heavy (non-hydrogen) atoms. The largest absolute Gasteiger partial charge is 0.355 e. The fourth-order valence-corrected chi connectivity index (χ4v) is 3.23. The number of aryl methyl sites for hydroxylation is 1. The van der Waals surface area contributed by atoms with E-state index < -0.39 is 0 Å². The molecule has 0 fully saturated rings. The van der Waals surface area contributed by atoms with Gasteiger partial charge in [-0.25, -0.2) is 4.39 Å². The summed E-state index contributed by atoms with van der Waals surface area (Å²) in [7, 11) is 0. The monoisotopic (exact) mass is 312 g/mol. The fraction of sp³-hybridized carbons (Fsp3) is 0.167. The van der Waals surface area contributed by atoms with Gasteiger partial charge in [-0.3, -0.25) is 4.98 Å². The molecule has 1 aliphatic carbocycles. The zero-order valence-corrected chi connectivity index (χ0v) is 12.6. The molecule has 0 atom stereocenters. The van der Waals surface area contributed by atoms with Gasteiger partial charge in [0.1, 0.15) is 5.82 Å². The SMILES string of the molecule is Fc1ccc(Nc2c3c(nc4ccc(Cl)cc24)CCC3)cc1. The van der Waals surface area contributed by atoms with Crippen LogP contribution < -0.4 is 5.32 Å². The van der Waals surface area contributed by atoms with Gasteiger partial charge in [0, 0.05) is 21.8 Å². The summed E-state index contributed by atoms with van der Waals surface area (Å²) in [5.74, 6) is -0.238. The summed E-state index contributed by atoms with van der Waals surface area (Å²) in [5, 5.41) is 5.14. The van der Waals surface area contributed by atoms with Crippen molar-refractivity contribution < 1.29 is 4.39 Å². The molecule has 0 aliphatic heterocycles. The second-order valence-corrected chi connectivity index (χ2v) is 6.00.